The number of thiophene rings is 1. The first kappa shape index (κ1) is 15.5. The smallest absolute Gasteiger partial charge is 0.262 e. The first-order chi connectivity index (χ1) is 11.5. The Morgan fingerprint density at radius 1 is 1.25 bits per heavy atom. The molecule has 1 aliphatic carbocycles. The summed E-state index contributed by atoms with van der Waals surface area (Å²) in [6, 6.07) is -0.00554. The van der Waals surface area contributed by atoms with E-state index >= 15 is 0 Å². The third-order valence-electron chi connectivity index (χ3n) is 4.74. The summed E-state index contributed by atoms with van der Waals surface area (Å²) >= 11 is 1.44. The van der Waals surface area contributed by atoms with E-state index in [4.69, 9.17) is 0 Å². The lowest BCUT2D eigenvalue weighted by atomic mass is 10.1. The maximum atomic E-state index is 12.7. The molecule has 2 aromatic rings. The van der Waals surface area contributed by atoms with Gasteiger partial charge < -0.3 is 10.6 Å². The van der Waals surface area contributed by atoms with Crippen molar-refractivity contribution >= 4 is 33.4 Å². The van der Waals surface area contributed by atoms with Gasteiger partial charge in [-0.2, -0.15) is 0 Å². The lowest BCUT2D eigenvalue weighted by molar-refractivity contribution is -0.122. The molecule has 24 heavy (non-hydrogen) atoms. The second-order valence-corrected chi connectivity index (χ2v) is 7.69. The predicted octanol–water partition coefficient (Wildman–Crippen LogP) is 2.19. The number of carbonyl (C=O) groups is 2. The molecule has 4 rings (SSSR count). The van der Waals surface area contributed by atoms with Crippen molar-refractivity contribution in [3.05, 3.63) is 22.0 Å². The zero-order valence-electron chi connectivity index (χ0n) is 13.8. The Morgan fingerprint density at radius 2 is 2.04 bits per heavy atom. The fourth-order valence-corrected chi connectivity index (χ4v) is 4.35. The van der Waals surface area contributed by atoms with E-state index < -0.39 is 0 Å². The van der Waals surface area contributed by atoms with Crippen molar-refractivity contribution in [2.24, 2.45) is 0 Å². The van der Waals surface area contributed by atoms with E-state index in [9.17, 15) is 9.59 Å². The van der Waals surface area contributed by atoms with Gasteiger partial charge in [-0.15, -0.1) is 11.3 Å². The van der Waals surface area contributed by atoms with Crippen LogP contribution in [0.1, 0.15) is 58.4 Å². The topological polar surface area (TPSA) is 84.0 Å². The Hall–Kier alpha value is -2.02. The highest BCUT2D eigenvalue weighted by molar-refractivity contribution is 7.20. The second-order valence-electron chi connectivity index (χ2n) is 6.69. The number of aromatic nitrogens is 2. The fourth-order valence-electron chi connectivity index (χ4n) is 3.21. The molecule has 2 amide bonds. The molecule has 2 fully saturated rings. The molecule has 0 aromatic carbocycles. The summed E-state index contributed by atoms with van der Waals surface area (Å²) in [5.41, 5.74) is 1.91. The van der Waals surface area contributed by atoms with Crippen LogP contribution in [-0.4, -0.2) is 34.4 Å². The molecule has 1 saturated heterocycles. The Balaban J connectivity index is 1.61. The number of rotatable bonds is 3. The SMILES string of the molecule is Cc1nc(C2CC2)nc2sc(C(=O)N[C@@H]3CCC(=O)NC3)c(C)c12. The zero-order chi connectivity index (χ0) is 16.8. The van der Waals surface area contributed by atoms with Crippen molar-refractivity contribution in [1.29, 1.82) is 0 Å². The molecule has 1 aliphatic heterocycles. The summed E-state index contributed by atoms with van der Waals surface area (Å²) in [6.07, 6.45) is 3.48. The quantitative estimate of drug-likeness (QED) is 0.894. The van der Waals surface area contributed by atoms with Crippen molar-refractivity contribution < 1.29 is 9.59 Å². The zero-order valence-corrected chi connectivity index (χ0v) is 14.6. The molecule has 7 heteroatoms. The summed E-state index contributed by atoms with van der Waals surface area (Å²) < 4.78 is 0. The van der Waals surface area contributed by atoms with Crippen LogP contribution in [0.2, 0.25) is 0 Å². The minimum absolute atomic E-state index is 0.00554. The van der Waals surface area contributed by atoms with Gasteiger partial charge >= 0.3 is 0 Å². The average Bonchev–Trinajstić information content (AvgIpc) is 3.34. The second kappa shape index (κ2) is 5.81. The standard InChI is InChI=1S/C17H20N4O2S/c1-8-13-9(2)19-15(10-3-4-10)21-17(13)24-14(8)16(23)20-11-5-6-12(22)18-7-11/h10-11H,3-7H2,1-2H3,(H,18,22)(H,20,23)/t11-/m1/s1. The van der Waals surface area contributed by atoms with E-state index in [2.05, 4.69) is 20.6 Å². The van der Waals surface area contributed by atoms with Gasteiger partial charge in [-0.05, 0) is 38.7 Å². The van der Waals surface area contributed by atoms with Crippen molar-refractivity contribution in [2.45, 2.75) is 51.5 Å². The van der Waals surface area contributed by atoms with E-state index in [0.29, 0.717) is 30.2 Å². The fraction of sp³-hybridized carbons (Fsp3) is 0.529. The lowest BCUT2D eigenvalue weighted by Gasteiger charge is -2.23. The molecule has 2 N–H and O–H groups in total. The number of piperidine rings is 1. The Labute approximate surface area is 144 Å². The minimum Gasteiger partial charge on any atom is -0.354 e. The van der Waals surface area contributed by atoms with Crippen LogP contribution >= 0.6 is 11.3 Å². The Bertz CT molecular complexity index is 831. The van der Waals surface area contributed by atoms with Gasteiger partial charge in [0.25, 0.3) is 5.91 Å². The molecule has 0 spiro atoms. The van der Waals surface area contributed by atoms with Crippen LogP contribution in [0.5, 0.6) is 0 Å². The van der Waals surface area contributed by atoms with E-state index in [1.165, 1.54) is 11.3 Å². The highest BCUT2D eigenvalue weighted by Gasteiger charge is 2.29. The monoisotopic (exact) mass is 344 g/mol. The minimum atomic E-state index is -0.0796. The van der Waals surface area contributed by atoms with Crippen LogP contribution in [0.3, 0.4) is 0 Å². The van der Waals surface area contributed by atoms with Crippen molar-refractivity contribution in [1.82, 2.24) is 20.6 Å². The Kier molecular flexibility index (Phi) is 3.75. The van der Waals surface area contributed by atoms with Gasteiger partial charge in [0.15, 0.2) is 0 Å². The highest BCUT2D eigenvalue weighted by atomic mass is 32.1. The summed E-state index contributed by atoms with van der Waals surface area (Å²) in [5, 5.41) is 6.83. The summed E-state index contributed by atoms with van der Waals surface area (Å²) in [5.74, 6) is 1.39. The normalized spacial score (nSPS) is 20.9. The first-order valence-corrected chi connectivity index (χ1v) is 9.19. The molecular weight excluding hydrogens is 324 g/mol. The maximum absolute atomic E-state index is 12.7. The van der Waals surface area contributed by atoms with Crippen molar-refractivity contribution in [3.8, 4) is 0 Å². The molecule has 6 nitrogen and oxygen atoms in total. The Morgan fingerprint density at radius 3 is 2.71 bits per heavy atom. The summed E-state index contributed by atoms with van der Waals surface area (Å²) in [4.78, 5) is 34.8. The molecule has 3 heterocycles. The largest absolute Gasteiger partial charge is 0.354 e. The number of fused-ring (bicyclic) bond motifs is 1. The third kappa shape index (κ3) is 2.77. The number of hydrogen-bond donors (Lipinski definition) is 2. The molecule has 0 radical (unpaired) electrons. The molecule has 126 valence electrons. The lowest BCUT2D eigenvalue weighted by Crippen LogP contribution is -2.47. The average molecular weight is 344 g/mol. The first-order valence-electron chi connectivity index (χ1n) is 8.38. The molecule has 1 atom stereocenters. The number of carbonyl (C=O) groups excluding carboxylic acids is 2. The molecule has 0 unspecified atom stereocenters. The van der Waals surface area contributed by atoms with Gasteiger partial charge in [0.05, 0.1) is 10.6 Å². The summed E-state index contributed by atoms with van der Waals surface area (Å²) in [6.45, 7) is 4.46. The maximum Gasteiger partial charge on any atom is 0.262 e. The summed E-state index contributed by atoms with van der Waals surface area (Å²) in [7, 11) is 0. The molecule has 2 aromatic heterocycles. The number of nitrogens with zero attached hydrogens (tertiary/aromatic N) is 2. The number of hydrogen-bond acceptors (Lipinski definition) is 5. The van der Waals surface area contributed by atoms with Crippen molar-refractivity contribution in [3.63, 3.8) is 0 Å². The van der Waals surface area contributed by atoms with Crippen LogP contribution < -0.4 is 10.6 Å². The van der Waals surface area contributed by atoms with Gasteiger partial charge in [-0.25, -0.2) is 9.97 Å². The van der Waals surface area contributed by atoms with Crippen LogP contribution in [0.4, 0.5) is 0 Å². The molecular formula is C17H20N4O2S. The number of nitrogens with one attached hydrogen (secondary N) is 2. The van der Waals surface area contributed by atoms with E-state index in [1.807, 2.05) is 13.8 Å². The van der Waals surface area contributed by atoms with E-state index in [1.54, 1.807) is 0 Å². The van der Waals surface area contributed by atoms with E-state index in [-0.39, 0.29) is 17.9 Å². The number of aryl methyl sites for hydroxylation is 2. The number of amides is 2. The van der Waals surface area contributed by atoms with Crippen LogP contribution in [0.25, 0.3) is 10.2 Å². The van der Waals surface area contributed by atoms with Crippen LogP contribution in [-0.2, 0) is 4.79 Å². The third-order valence-corrected chi connectivity index (χ3v) is 5.92. The van der Waals surface area contributed by atoms with Crippen molar-refractivity contribution in [2.75, 3.05) is 6.54 Å². The highest BCUT2D eigenvalue weighted by Crippen LogP contribution is 2.40. The van der Waals surface area contributed by atoms with Gasteiger partial charge in [0.2, 0.25) is 5.91 Å². The van der Waals surface area contributed by atoms with Crippen LogP contribution in [0.15, 0.2) is 0 Å². The molecule has 2 aliphatic rings. The van der Waals surface area contributed by atoms with E-state index in [0.717, 1.165) is 40.1 Å². The molecule has 0 bridgehead atoms. The van der Waals surface area contributed by atoms with Crippen LogP contribution in [0, 0.1) is 13.8 Å². The van der Waals surface area contributed by atoms with Gasteiger partial charge in [0, 0.05) is 30.3 Å². The van der Waals surface area contributed by atoms with Gasteiger partial charge in [-0.1, -0.05) is 0 Å². The molecule has 1 saturated carbocycles. The van der Waals surface area contributed by atoms with Gasteiger partial charge in [-0.3, -0.25) is 9.59 Å². The van der Waals surface area contributed by atoms with Gasteiger partial charge in [0.1, 0.15) is 10.7 Å². The predicted molar refractivity (Wildman–Crippen MR) is 92.4 cm³/mol.